The highest BCUT2D eigenvalue weighted by molar-refractivity contribution is 5.89. The molecular formula is C35H49N3O7. The Morgan fingerprint density at radius 2 is 1.44 bits per heavy atom. The number of nitrogens with one attached hydrogen (secondary N) is 2. The molecule has 2 aromatic carbocycles. The van der Waals surface area contributed by atoms with Crippen LogP contribution in [0.5, 0.6) is 11.5 Å². The van der Waals surface area contributed by atoms with Gasteiger partial charge in [0.1, 0.15) is 17.5 Å². The molecule has 0 saturated carbocycles. The van der Waals surface area contributed by atoms with Crippen LogP contribution in [0.4, 0.5) is 0 Å². The van der Waals surface area contributed by atoms with E-state index in [0.717, 1.165) is 12.0 Å². The van der Waals surface area contributed by atoms with Crippen molar-refractivity contribution >= 4 is 23.8 Å². The largest absolute Gasteiger partial charge is 0.426 e. The average molecular weight is 624 g/mol. The summed E-state index contributed by atoms with van der Waals surface area (Å²) >= 11 is 0. The molecule has 3 N–H and O–H groups in total. The summed E-state index contributed by atoms with van der Waals surface area (Å²) in [6.07, 6.45) is 0.575. The van der Waals surface area contributed by atoms with Gasteiger partial charge in [-0.1, -0.05) is 30.3 Å². The van der Waals surface area contributed by atoms with E-state index in [0.29, 0.717) is 18.5 Å². The van der Waals surface area contributed by atoms with Crippen molar-refractivity contribution in [3.8, 4) is 11.5 Å². The number of hydrogen-bond donors (Lipinski definition) is 3. The number of carbonyl (C=O) groups is 4. The quantitative estimate of drug-likeness (QED) is 0.249. The number of likely N-dealkylation sites (tertiary alicyclic amines) is 1. The van der Waals surface area contributed by atoms with E-state index in [1.807, 2.05) is 44.2 Å². The zero-order chi connectivity index (χ0) is 33.6. The first-order valence-electron chi connectivity index (χ1n) is 15.5. The molecule has 0 aliphatic carbocycles. The molecule has 45 heavy (non-hydrogen) atoms. The van der Waals surface area contributed by atoms with Gasteiger partial charge in [-0.3, -0.25) is 19.2 Å². The van der Waals surface area contributed by atoms with Crippen LogP contribution in [0.15, 0.2) is 48.5 Å². The number of aliphatic hydroxyl groups excluding tert-OH is 1. The first kappa shape index (κ1) is 35.7. The highest BCUT2D eigenvalue weighted by Gasteiger charge is 2.35. The summed E-state index contributed by atoms with van der Waals surface area (Å²) in [5.41, 5.74) is -0.854. The smallest absolute Gasteiger partial charge is 0.316 e. The van der Waals surface area contributed by atoms with Crippen molar-refractivity contribution in [3.63, 3.8) is 0 Å². The summed E-state index contributed by atoms with van der Waals surface area (Å²) in [6.45, 7) is 15.1. The second kappa shape index (κ2) is 14.6. The van der Waals surface area contributed by atoms with Gasteiger partial charge in [0.2, 0.25) is 11.8 Å². The molecule has 2 unspecified atom stereocenters. The molecule has 246 valence electrons. The minimum Gasteiger partial charge on any atom is -0.426 e. The third kappa shape index (κ3) is 10.7. The SMILES string of the molecule is CC(C)(CNC(=O)C1CCCN1C(=O)Cc1ccccc1)NCC(O)c1cc(OC(=O)C(C)(C)C)cc(OC(=O)C(C)(C)C)c1. The van der Waals surface area contributed by atoms with Crippen LogP contribution in [0.1, 0.15) is 85.5 Å². The first-order chi connectivity index (χ1) is 20.9. The van der Waals surface area contributed by atoms with Gasteiger partial charge in [0, 0.05) is 31.2 Å². The van der Waals surface area contributed by atoms with Gasteiger partial charge in [0.15, 0.2) is 0 Å². The number of nitrogens with zero attached hydrogens (tertiary/aromatic N) is 1. The Labute approximate surface area is 266 Å². The lowest BCUT2D eigenvalue weighted by Crippen LogP contribution is -2.53. The number of aliphatic hydroxyl groups is 1. The fourth-order valence-corrected chi connectivity index (χ4v) is 4.61. The second-order valence-corrected chi connectivity index (χ2v) is 14.4. The Balaban J connectivity index is 1.63. The van der Waals surface area contributed by atoms with E-state index in [1.54, 1.807) is 58.6 Å². The Kier molecular flexibility index (Phi) is 11.6. The molecule has 3 rings (SSSR count). The molecule has 1 aliphatic heterocycles. The molecule has 1 heterocycles. The Morgan fingerprint density at radius 3 is 1.98 bits per heavy atom. The minimum atomic E-state index is -1.05. The summed E-state index contributed by atoms with van der Waals surface area (Å²) in [4.78, 5) is 52.9. The zero-order valence-electron chi connectivity index (χ0n) is 27.9. The van der Waals surface area contributed by atoms with Crippen molar-refractivity contribution in [2.75, 3.05) is 19.6 Å². The fraction of sp³-hybridized carbons (Fsp3) is 0.543. The highest BCUT2D eigenvalue weighted by atomic mass is 16.5. The van der Waals surface area contributed by atoms with Crippen LogP contribution in [-0.2, 0) is 25.6 Å². The predicted molar refractivity (Wildman–Crippen MR) is 172 cm³/mol. The Hall–Kier alpha value is -3.76. The normalized spacial score (nSPS) is 16.2. The van der Waals surface area contributed by atoms with Crippen molar-refractivity contribution in [2.45, 2.75) is 92.3 Å². The summed E-state index contributed by atoms with van der Waals surface area (Å²) in [5, 5.41) is 17.4. The van der Waals surface area contributed by atoms with Crippen LogP contribution < -0.4 is 20.1 Å². The lowest BCUT2D eigenvalue weighted by Gasteiger charge is -2.30. The third-order valence-electron chi connectivity index (χ3n) is 7.49. The summed E-state index contributed by atoms with van der Waals surface area (Å²) in [6, 6.07) is 13.5. The highest BCUT2D eigenvalue weighted by Crippen LogP contribution is 2.30. The fourth-order valence-electron chi connectivity index (χ4n) is 4.61. The van der Waals surface area contributed by atoms with Gasteiger partial charge in [-0.2, -0.15) is 0 Å². The molecule has 1 aliphatic rings. The third-order valence-corrected chi connectivity index (χ3v) is 7.49. The van der Waals surface area contributed by atoms with Gasteiger partial charge < -0.3 is 30.1 Å². The van der Waals surface area contributed by atoms with Crippen molar-refractivity contribution in [1.29, 1.82) is 0 Å². The predicted octanol–water partition coefficient (Wildman–Crippen LogP) is 4.34. The maximum absolute atomic E-state index is 13.1. The molecule has 10 heteroatoms. The number of esters is 2. The zero-order valence-corrected chi connectivity index (χ0v) is 27.9. The van der Waals surface area contributed by atoms with Gasteiger partial charge in [-0.05, 0) is 91.5 Å². The number of benzene rings is 2. The Morgan fingerprint density at radius 1 is 0.889 bits per heavy atom. The van der Waals surface area contributed by atoms with E-state index in [1.165, 1.54) is 6.07 Å². The summed E-state index contributed by atoms with van der Waals surface area (Å²) in [5.74, 6) is -0.916. The first-order valence-corrected chi connectivity index (χ1v) is 15.5. The second-order valence-electron chi connectivity index (χ2n) is 14.4. The number of rotatable bonds is 11. The maximum Gasteiger partial charge on any atom is 0.316 e. The van der Waals surface area contributed by atoms with E-state index in [2.05, 4.69) is 10.6 Å². The number of β-amino-alcohol motifs (C(OH)–C–C–N with tert-alkyl or cyclic N) is 1. The molecule has 2 amide bonds. The van der Waals surface area contributed by atoms with Crippen LogP contribution >= 0.6 is 0 Å². The lowest BCUT2D eigenvalue weighted by atomic mass is 9.97. The van der Waals surface area contributed by atoms with Crippen LogP contribution in [0.3, 0.4) is 0 Å². The maximum atomic E-state index is 13.1. The van der Waals surface area contributed by atoms with Crippen molar-refractivity contribution in [1.82, 2.24) is 15.5 Å². The van der Waals surface area contributed by atoms with Crippen molar-refractivity contribution in [3.05, 3.63) is 59.7 Å². The van der Waals surface area contributed by atoms with Gasteiger partial charge >= 0.3 is 11.9 Å². The van der Waals surface area contributed by atoms with E-state index < -0.39 is 40.5 Å². The van der Waals surface area contributed by atoms with Crippen LogP contribution in [0.2, 0.25) is 0 Å². The monoisotopic (exact) mass is 623 g/mol. The molecule has 1 fully saturated rings. The summed E-state index contributed by atoms with van der Waals surface area (Å²) < 4.78 is 11.1. The van der Waals surface area contributed by atoms with E-state index in [-0.39, 0.29) is 42.8 Å². The van der Waals surface area contributed by atoms with E-state index in [4.69, 9.17) is 9.47 Å². The lowest BCUT2D eigenvalue weighted by molar-refractivity contribution is -0.143. The molecule has 10 nitrogen and oxygen atoms in total. The van der Waals surface area contributed by atoms with Gasteiger partial charge in [0.25, 0.3) is 0 Å². The Bertz CT molecular complexity index is 1310. The minimum absolute atomic E-state index is 0.0673. The van der Waals surface area contributed by atoms with Crippen LogP contribution in [0.25, 0.3) is 0 Å². The molecule has 0 aromatic heterocycles. The van der Waals surface area contributed by atoms with E-state index >= 15 is 0 Å². The van der Waals surface area contributed by atoms with Gasteiger partial charge in [0.05, 0.1) is 23.4 Å². The van der Waals surface area contributed by atoms with Crippen molar-refractivity contribution in [2.24, 2.45) is 10.8 Å². The molecule has 0 spiro atoms. The molecular weight excluding hydrogens is 574 g/mol. The summed E-state index contributed by atoms with van der Waals surface area (Å²) in [7, 11) is 0. The molecule has 2 aromatic rings. The van der Waals surface area contributed by atoms with Crippen molar-refractivity contribution < 1.29 is 33.8 Å². The molecule has 1 saturated heterocycles. The topological polar surface area (TPSA) is 134 Å². The van der Waals surface area contributed by atoms with E-state index in [9.17, 15) is 24.3 Å². The number of ether oxygens (including phenoxy) is 2. The van der Waals surface area contributed by atoms with Gasteiger partial charge in [-0.25, -0.2) is 0 Å². The molecule has 0 radical (unpaired) electrons. The van der Waals surface area contributed by atoms with Gasteiger partial charge in [-0.15, -0.1) is 0 Å². The van der Waals surface area contributed by atoms with Crippen LogP contribution in [-0.4, -0.2) is 65.0 Å². The number of amides is 2. The standard InChI is InChI=1S/C35H49N3O7/c1-33(2,3)31(42)44-25-18-24(19-26(20-25)45-32(43)34(4,5)6)28(39)21-37-35(7,8)22-36-30(41)27-15-12-16-38(27)29(40)17-23-13-10-9-11-14-23/h9-11,13-14,18-20,27-28,37,39H,12,15-17,21-22H2,1-8H3,(H,36,41). The molecule has 0 bridgehead atoms. The number of carbonyl (C=O) groups excluding carboxylic acids is 4. The number of hydrogen-bond acceptors (Lipinski definition) is 8. The average Bonchev–Trinajstić information content (AvgIpc) is 3.45. The van der Waals surface area contributed by atoms with Crippen LogP contribution in [0, 0.1) is 10.8 Å². The molecule has 2 atom stereocenters.